The van der Waals surface area contributed by atoms with E-state index in [4.69, 9.17) is 9.47 Å². The number of H-pyrrole nitrogens is 1. The van der Waals surface area contributed by atoms with Gasteiger partial charge in [0.1, 0.15) is 36.2 Å². The third-order valence-corrected chi connectivity index (χ3v) is 13.4. The Kier molecular flexibility index (Phi) is 9.91. The molecule has 15 heteroatoms. The number of anilines is 2. The number of carbonyl (C=O) groups excluding carboxylic acids is 1. The SMILES string of the molecule is O=C(O)[C@H]1[C@@H](C[C@]23CCCC[C@H]2CNc2ccccc23)c2cc(O)c3c(c2N1C(=O)/C=C/c1ccc(O)c(Cc2cnc[nH]2)c1)CC[C@@]1(O3)O[C@H](CO)[C@@H](O)[C@H](O)[C@H]1O. The molecule has 9 rings (SSSR count). The molecule has 1 amide bonds. The fourth-order valence-corrected chi connectivity index (χ4v) is 10.6. The predicted octanol–water partition coefficient (Wildman–Crippen LogP) is 3.45. The van der Waals surface area contributed by atoms with Gasteiger partial charge in [-0.3, -0.25) is 9.69 Å². The predicted molar refractivity (Wildman–Crippen MR) is 213 cm³/mol. The smallest absolute Gasteiger partial charge is 0.327 e. The minimum absolute atomic E-state index is 0.00604. The Labute approximate surface area is 339 Å². The number of aliphatic hydroxyl groups is 4. The first kappa shape index (κ1) is 39.0. The van der Waals surface area contributed by atoms with Crippen molar-refractivity contribution in [3.63, 3.8) is 0 Å². The number of carboxylic acid groups (broad SMARTS) is 1. The van der Waals surface area contributed by atoms with Crippen LogP contribution in [0.1, 0.15) is 78.0 Å². The summed E-state index contributed by atoms with van der Waals surface area (Å²) in [6.07, 6.45) is 3.97. The average molecular weight is 809 g/mol. The van der Waals surface area contributed by atoms with Gasteiger partial charge in [-0.15, -0.1) is 0 Å². The van der Waals surface area contributed by atoms with Crippen molar-refractivity contribution in [1.82, 2.24) is 9.97 Å². The lowest BCUT2D eigenvalue weighted by Gasteiger charge is -2.50. The van der Waals surface area contributed by atoms with Gasteiger partial charge in [-0.05, 0) is 78.6 Å². The summed E-state index contributed by atoms with van der Waals surface area (Å²) in [6.45, 7) is 0.0283. The first-order valence-electron chi connectivity index (χ1n) is 20.2. The zero-order valence-corrected chi connectivity index (χ0v) is 32.2. The van der Waals surface area contributed by atoms with Gasteiger partial charge in [0.2, 0.25) is 5.79 Å². The molecule has 310 valence electrons. The van der Waals surface area contributed by atoms with Crippen molar-refractivity contribution >= 4 is 29.3 Å². The van der Waals surface area contributed by atoms with Crippen LogP contribution in [-0.4, -0.2) is 107 Å². The van der Waals surface area contributed by atoms with Gasteiger partial charge in [0.25, 0.3) is 5.91 Å². The number of aromatic nitrogens is 2. The number of rotatable bonds is 8. The van der Waals surface area contributed by atoms with Crippen LogP contribution in [0.3, 0.4) is 0 Å². The number of nitrogens with one attached hydrogen (secondary N) is 2. The van der Waals surface area contributed by atoms with E-state index < -0.39 is 66.1 Å². The number of hydrogen-bond donors (Lipinski definition) is 9. The molecule has 1 saturated carbocycles. The second kappa shape index (κ2) is 15.0. The molecule has 0 radical (unpaired) electrons. The zero-order chi connectivity index (χ0) is 41.2. The molecule has 3 aromatic carbocycles. The van der Waals surface area contributed by atoms with Crippen LogP contribution in [-0.2, 0) is 32.6 Å². The molecular weight excluding hydrogens is 761 g/mol. The van der Waals surface area contributed by atoms with E-state index in [1.165, 1.54) is 23.1 Å². The fraction of sp³-hybridized carbons (Fsp3) is 0.432. The number of para-hydroxylation sites is 1. The van der Waals surface area contributed by atoms with E-state index in [2.05, 4.69) is 21.4 Å². The van der Waals surface area contributed by atoms with E-state index in [1.54, 1.807) is 30.7 Å². The Morgan fingerprint density at radius 3 is 2.63 bits per heavy atom. The Morgan fingerprint density at radius 2 is 1.85 bits per heavy atom. The van der Waals surface area contributed by atoms with Crippen LogP contribution < -0.4 is 15.0 Å². The minimum atomic E-state index is -1.98. The lowest BCUT2D eigenvalue weighted by atomic mass is 9.56. The summed E-state index contributed by atoms with van der Waals surface area (Å²) in [4.78, 5) is 36.8. The van der Waals surface area contributed by atoms with Gasteiger partial charge >= 0.3 is 5.97 Å². The largest absolute Gasteiger partial charge is 0.508 e. The van der Waals surface area contributed by atoms with Gasteiger partial charge in [-0.25, -0.2) is 9.78 Å². The van der Waals surface area contributed by atoms with E-state index in [9.17, 15) is 45.3 Å². The van der Waals surface area contributed by atoms with Crippen LogP contribution in [0, 0.1) is 5.92 Å². The molecule has 4 aliphatic heterocycles. The highest BCUT2D eigenvalue weighted by molar-refractivity contribution is 6.10. The van der Waals surface area contributed by atoms with Crippen LogP contribution in [0.5, 0.6) is 17.2 Å². The second-order valence-electron chi connectivity index (χ2n) is 16.6. The van der Waals surface area contributed by atoms with E-state index >= 15 is 0 Å². The average Bonchev–Trinajstić information content (AvgIpc) is 3.87. The lowest BCUT2D eigenvalue weighted by Crippen LogP contribution is -2.68. The molecular formula is C44H48N4O11. The molecule has 15 nitrogen and oxygen atoms in total. The minimum Gasteiger partial charge on any atom is -0.508 e. The number of fused-ring (bicyclic) bond motifs is 6. The summed E-state index contributed by atoms with van der Waals surface area (Å²) >= 11 is 0. The molecule has 5 aliphatic rings. The van der Waals surface area contributed by atoms with Crippen LogP contribution in [0.25, 0.3) is 6.08 Å². The van der Waals surface area contributed by atoms with Crippen molar-refractivity contribution in [2.75, 3.05) is 23.4 Å². The molecule has 1 aliphatic carbocycles. The first-order chi connectivity index (χ1) is 28.4. The van der Waals surface area contributed by atoms with Gasteiger partial charge in [0, 0.05) is 65.5 Å². The number of nitrogens with zero attached hydrogens (tertiary/aromatic N) is 2. The van der Waals surface area contributed by atoms with Crippen molar-refractivity contribution < 1.29 is 54.8 Å². The number of carboxylic acids is 1. The van der Waals surface area contributed by atoms with Crippen LogP contribution in [0.4, 0.5) is 11.4 Å². The van der Waals surface area contributed by atoms with Crippen LogP contribution >= 0.6 is 0 Å². The Bertz CT molecular complexity index is 2300. The number of aliphatic hydroxyl groups excluding tert-OH is 4. The van der Waals surface area contributed by atoms with E-state index in [1.807, 2.05) is 18.2 Å². The van der Waals surface area contributed by atoms with Crippen LogP contribution in [0.2, 0.25) is 0 Å². The molecule has 1 saturated heterocycles. The highest BCUT2D eigenvalue weighted by Crippen LogP contribution is 2.60. The summed E-state index contributed by atoms with van der Waals surface area (Å²) in [7, 11) is 0. The molecule has 9 N–H and O–H groups in total. The Balaban J connectivity index is 1.15. The first-order valence-corrected chi connectivity index (χ1v) is 20.2. The Morgan fingerprint density at radius 1 is 1.02 bits per heavy atom. The molecule has 59 heavy (non-hydrogen) atoms. The maximum Gasteiger partial charge on any atom is 0.327 e. The van der Waals surface area contributed by atoms with Crippen molar-refractivity contribution in [1.29, 1.82) is 0 Å². The summed E-state index contributed by atoms with van der Waals surface area (Å²) in [5, 5.41) is 79.6. The molecule has 5 heterocycles. The van der Waals surface area contributed by atoms with Crippen molar-refractivity contribution in [3.8, 4) is 17.2 Å². The molecule has 1 aromatic heterocycles. The topological polar surface area (TPSA) is 238 Å². The maximum absolute atomic E-state index is 14.7. The monoisotopic (exact) mass is 808 g/mol. The number of benzene rings is 3. The number of hydrogen-bond acceptors (Lipinski definition) is 12. The third-order valence-electron chi connectivity index (χ3n) is 13.4. The number of aromatic hydroxyl groups is 2. The highest BCUT2D eigenvalue weighted by Gasteiger charge is 2.59. The molecule has 1 spiro atoms. The summed E-state index contributed by atoms with van der Waals surface area (Å²) in [5.41, 5.74) is 4.72. The zero-order valence-electron chi connectivity index (χ0n) is 32.2. The molecule has 4 aromatic rings. The summed E-state index contributed by atoms with van der Waals surface area (Å²) < 4.78 is 12.2. The van der Waals surface area contributed by atoms with Crippen molar-refractivity contribution in [2.24, 2.45) is 5.92 Å². The van der Waals surface area contributed by atoms with E-state index in [0.29, 0.717) is 35.1 Å². The van der Waals surface area contributed by atoms with Gasteiger partial charge in [0.05, 0.1) is 18.6 Å². The number of carbonyl (C=O) groups is 2. The molecule has 2 fully saturated rings. The standard InChI is InChI=1S/C44H48N4O11/c49-21-34-38(53)39(54)41(55)44(58-34)14-12-27-36-28(17-33(51)40(27)59-44)29(18-43-13-4-3-5-25(43)19-46-31-7-2-1-6-30(31)43)37(42(56)57)48(36)35(52)11-9-23-8-10-32(50)24(15-23)16-26-20-45-22-47-26/h1-2,6-11,15,17,20,22,25,29,34,37-39,41,46,49-51,53-55H,3-5,12-14,16,18-19,21H2,(H,45,47)(H,56,57)/b11-9+/t25-,29-,34+,37+,38+,39-,41+,43+,44-/m0/s1. The number of aliphatic carboxylic acids is 1. The number of phenolic OH excluding ortho intramolecular Hbond substituents is 2. The molecule has 0 unspecified atom stereocenters. The normalized spacial score (nSPS) is 30.8. The van der Waals surface area contributed by atoms with E-state index in [0.717, 1.165) is 49.2 Å². The van der Waals surface area contributed by atoms with Gasteiger partial charge in [-0.1, -0.05) is 37.1 Å². The number of ether oxygens (including phenoxy) is 2. The Hall–Kier alpha value is -5.45. The lowest BCUT2D eigenvalue weighted by molar-refractivity contribution is -0.342. The summed E-state index contributed by atoms with van der Waals surface area (Å²) in [6, 6.07) is 13.1. The van der Waals surface area contributed by atoms with E-state index in [-0.39, 0.29) is 41.7 Å². The van der Waals surface area contributed by atoms with Gasteiger partial charge in [-0.2, -0.15) is 0 Å². The second-order valence-corrected chi connectivity index (χ2v) is 16.6. The van der Waals surface area contributed by atoms with Gasteiger partial charge in [0.15, 0.2) is 11.5 Å². The third kappa shape index (κ3) is 6.43. The number of imidazole rings is 1. The summed E-state index contributed by atoms with van der Waals surface area (Å²) in [5.74, 6) is -4.87. The number of aromatic amines is 1. The molecule has 9 atom stereocenters. The number of phenols is 2. The van der Waals surface area contributed by atoms with Crippen molar-refractivity contribution in [2.45, 2.75) is 98.9 Å². The molecule has 0 bridgehead atoms. The maximum atomic E-state index is 14.7. The van der Waals surface area contributed by atoms with Crippen LogP contribution in [0.15, 0.2) is 67.1 Å². The highest BCUT2D eigenvalue weighted by atomic mass is 16.7. The van der Waals surface area contributed by atoms with Crippen molar-refractivity contribution in [3.05, 3.63) is 101 Å². The quantitative estimate of drug-likeness (QED) is 0.116. The number of amides is 1. The fourth-order valence-electron chi connectivity index (χ4n) is 10.6. The van der Waals surface area contributed by atoms with Gasteiger partial charge < -0.3 is 55.5 Å².